The van der Waals surface area contributed by atoms with Gasteiger partial charge in [-0.3, -0.25) is 9.78 Å². The van der Waals surface area contributed by atoms with E-state index < -0.39 is 0 Å². The van der Waals surface area contributed by atoms with Crippen molar-refractivity contribution >= 4 is 22.8 Å². The Labute approximate surface area is 226 Å². The highest BCUT2D eigenvalue weighted by molar-refractivity contribution is 5.94. The molecule has 9 nitrogen and oxygen atoms in total. The summed E-state index contributed by atoms with van der Waals surface area (Å²) in [5.74, 6) is 1.04. The summed E-state index contributed by atoms with van der Waals surface area (Å²) in [6.45, 7) is 3.89. The van der Waals surface area contributed by atoms with Crippen LogP contribution in [0.1, 0.15) is 63.1 Å². The maximum absolute atomic E-state index is 15.0. The zero-order valence-corrected chi connectivity index (χ0v) is 22.2. The largest absolute Gasteiger partial charge is 0.480 e. The third-order valence-electron chi connectivity index (χ3n) is 8.27. The second-order valence-corrected chi connectivity index (χ2v) is 10.9. The molecule has 0 spiro atoms. The maximum Gasteiger partial charge on any atom is 0.263 e. The van der Waals surface area contributed by atoms with Gasteiger partial charge in [-0.05, 0) is 63.1 Å². The van der Waals surface area contributed by atoms with Gasteiger partial charge < -0.3 is 24.8 Å². The zero-order chi connectivity index (χ0) is 26.9. The van der Waals surface area contributed by atoms with Crippen LogP contribution in [0.5, 0.6) is 11.6 Å². The minimum Gasteiger partial charge on any atom is -0.480 e. The molecular formula is C29H34FN5O4. The number of anilines is 1. The summed E-state index contributed by atoms with van der Waals surface area (Å²) < 4.78 is 32.6. The van der Waals surface area contributed by atoms with Crippen molar-refractivity contribution in [2.45, 2.75) is 76.0 Å². The average Bonchev–Trinajstić information content (AvgIpc) is 2.96. The van der Waals surface area contributed by atoms with Crippen LogP contribution in [0, 0.1) is 5.82 Å². The van der Waals surface area contributed by atoms with E-state index in [-0.39, 0.29) is 29.5 Å². The van der Waals surface area contributed by atoms with Gasteiger partial charge in [0.2, 0.25) is 5.88 Å². The van der Waals surface area contributed by atoms with E-state index in [0.29, 0.717) is 60.2 Å². The van der Waals surface area contributed by atoms with Crippen LogP contribution in [0.2, 0.25) is 0 Å². The third-order valence-corrected chi connectivity index (χ3v) is 8.27. The molecule has 1 aliphatic carbocycles. The number of nitrogens with one attached hydrogen (secondary N) is 2. The average molecular weight is 536 g/mol. The first-order valence-corrected chi connectivity index (χ1v) is 13.9. The molecule has 6 heterocycles. The highest BCUT2D eigenvalue weighted by Crippen LogP contribution is 2.46. The molecule has 1 saturated carbocycles. The normalized spacial score (nSPS) is 23.8. The van der Waals surface area contributed by atoms with Gasteiger partial charge in [-0.15, -0.1) is 0 Å². The van der Waals surface area contributed by atoms with Gasteiger partial charge in [-0.25, -0.2) is 14.4 Å². The number of fused-ring (bicyclic) bond motifs is 5. The predicted molar refractivity (Wildman–Crippen MR) is 143 cm³/mol. The molecule has 4 aliphatic rings. The molecule has 2 saturated heterocycles. The molecule has 0 radical (unpaired) electrons. The summed E-state index contributed by atoms with van der Waals surface area (Å²) in [5, 5.41) is 6.44. The standard InChI is InChI=1S/C29H34FN5O4/c1-2-3-14-37-25-7-5-22-26(35-25)20(21(30)16-31-22)8-9-29-12-10-28(11-13-29,18-39-29)32-15-19-4-6-23-27(33-19)34-24(36)17-38-23/h4-7,16,32H,2-3,8-15,17-18H2,1H3,(H,33,34,36). The van der Waals surface area contributed by atoms with E-state index >= 15 is 0 Å². The molecular weight excluding hydrogens is 501 g/mol. The number of carbonyl (C=O) groups is 1. The molecule has 0 unspecified atom stereocenters. The molecule has 2 bridgehead atoms. The quantitative estimate of drug-likeness (QED) is 0.366. The van der Waals surface area contributed by atoms with Gasteiger partial charge in [-0.1, -0.05) is 13.3 Å². The fraction of sp³-hybridized carbons (Fsp3) is 0.517. The highest BCUT2D eigenvalue weighted by Gasteiger charge is 2.49. The predicted octanol–water partition coefficient (Wildman–Crippen LogP) is 4.48. The number of pyridine rings is 3. The first kappa shape index (κ1) is 25.9. The topological polar surface area (TPSA) is 107 Å². The Morgan fingerprint density at radius 2 is 2.03 bits per heavy atom. The number of amides is 1. The number of halogens is 1. The van der Waals surface area contributed by atoms with Crippen molar-refractivity contribution < 1.29 is 23.4 Å². The lowest BCUT2D eigenvalue weighted by atomic mass is 9.69. The third kappa shape index (κ3) is 5.40. The first-order valence-electron chi connectivity index (χ1n) is 13.9. The lowest BCUT2D eigenvalue weighted by Gasteiger charge is -2.53. The van der Waals surface area contributed by atoms with Crippen LogP contribution >= 0.6 is 0 Å². The number of rotatable bonds is 10. The van der Waals surface area contributed by atoms with E-state index in [1.54, 1.807) is 6.07 Å². The Hall–Kier alpha value is -3.37. The van der Waals surface area contributed by atoms with Crippen molar-refractivity contribution in [1.29, 1.82) is 0 Å². The second-order valence-electron chi connectivity index (χ2n) is 10.9. The van der Waals surface area contributed by atoms with E-state index in [4.69, 9.17) is 14.2 Å². The number of unbranched alkanes of at least 4 members (excludes halogenated alkanes) is 1. The smallest absolute Gasteiger partial charge is 0.263 e. The molecule has 206 valence electrons. The van der Waals surface area contributed by atoms with E-state index in [2.05, 4.69) is 32.5 Å². The first-order chi connectivity index (χ1) is 19.0. The van der Waals surface area contributed by atoms with Crippen LogP contribution in [0.25, 0.3) is 11.0 Å². The van der Waals surface area contributed by atoms with Gasteiger partial charge in [0.05, 0.1) is 41.7 Å². The summed E-state index contributed by atoms with van der Waals surface area (Å²) in [5.41, 5.74) is 2.29. The summed E-state index contributed by atoms with van der Waals surface area (Å²) in [4.78, 5) is 25.0. The number of carbonyl (C=O) groups excluding carboxylic acids is 1. The number of ether oxygens (including phenoxy) is 3. The molecule has 0 atom stereocenters. The van der Waals surface area contributed by atoms with E-state index in [1.165, 1.54) is 6.20 Å². The molecule has 3 aromatic rings. The van der Waals surface area contributed by atoms with E-state index in [9.17, 15) is 9.18 Å². The Bertz CT molecular complexity index is 1360. The Kier molecular flexibility index (Phi) is 7.07. The van der Waals surface area contributed by atoms with Crippen LogP contribution in [-0.4, -0.2) is 51.8 Å². The Morgan fingerprint density at radius 3 is 2.82 bits per heavy atom. The molecule has 3 fully saturated rings. The van der Waals surface area contributed by atoms with Crippen LogP contribution in [0.3, 0.4) is 0 Å². The lowest BCUT2D eigenvalue weighted by Crippen LogP contribution is -2.61. The number of hydrogen-bond acceptors (Lipinski definition) is 8. The Morgan fingerprint density at radius 1 is 1.15 bits per heavy atom. The summed E-state index contributed by atoms with van der Waals surface area (Å²) in [6.07, 6.45) is 8.30. The Balaban J connectivity index is 1.08. The summed E-state index contributed by atoms with van der Waals surface area (Å²) in [7, 11) is 0. The van der Waals surface area contributed by atoms with Crippen molar-refractivity contribution in [3.63, 3.8) is 0 Å². The maximum atomic E-state index is 15.0. The van der Waals surface area contributed by atoms with Gasteiger partial charge in [0.25, 0.3) is 5.91 Å². The van der Waals surface area contributed by atoms with Crippen LogP contribution in [-0.2, 0) is 22.5 Å². The van der Waals surface area contributed by atoms with Gasteiger partial charge >= 0.3 is 0 Å². The van der Waals surface area contributed by atoms with Gasteiger partial charge in [0, 0.05) is 23.7 Å². The van der Waals surface area contributed by atoms with Crippen molar-refractivity contribution in [3.8, 4) is 11.6 Å². The summed E-state index contributed by atoms with van der Waals surface area (Å²) >= 11 is 0. The SMILES string of the molecule is CCCCOc1ccc2ncc(F)c(CCC34CCC(NCc5ccc6c(n5)NC(=O)CO6)(CC3)CO4)c2n1. The molecule has 3 aliphatic heterocycles. The molecule has 2 N–H and O–H groups in total. The van der Waals surface area contributed by atoms with Crippen LogP contribution in [0.4, 0.5) is 10.2 Å². The van der Waals surface area contributed by atoms with Crippen molar-refractivity contribution in [2.75, 3.05) is 25.1 Å². The summed E-state index contributed by atoms with van der Waals surface area (Å²) in [6, 6.07) is 7.41. The molecule has 39 heavy (non-hydrogen) atoms. The van der Waals surface area contributed by atoms with E-state index in [1.807, 2.05) is 18.2 Å². The van der Waals surface area contributed by atoms with E-state index in [0.717, 1.165) is 50.6 Å². The lowest BCUT2D eigenvalue weighted by molar-refractivity contribution is -0.165. The van der Waals surface area contributed by atoms with Crippen molar-refractivity contribution in [3.05, 3.63) is 47.5 Å². The van der Waals surface area contributed by atoms with Gasteiger partial charge in [0.1, 0.15) is 5.82 Å². The molecule has 1 amide bonds. The number of aromatic nitrogens is 3. The molecule has 10 heteroatoms. The molecule has 0 aromatic carbocycles. The van der Waals surface area contributed by atoms with Crippen LogP contribution < -0.4 is 20.1 Å². The zero-order valence-electron chi connectivity index (χ0n) is 22.2. The monoisotopic (exact) mass is 535 g/mol. The van der Waals surface area contributed by atoms with Gasteiger partial charge in [0.15, 0.2) is 18.2 Å². The fourth-order valence-corrected chi connectivity index (χ4v) is 5.76. The van der Waals surface area contributed by atoms with Crippen molar-refractivity contribution in [1.82, 2.24) is 20.3 Å². The van der Waals surface area contributed by atoms with Crippen LogP contribution in [0.15, 0.2) is 30.5 Å². The number of hydrogen-bond donors (Lipinski definition) is 2. The number of aryl methyl sites for hydroxylation is 1. The highest BCUT2D eigenvalue weighted by atomic mass is 19.1. The molecule has 7 rings (SSSR count). The minimum absolute atomic E-state index is 0.0174. The number of nitrogens with zero attached hydrogens (tertiary/aromatic N) is 3. The minimum atomic E-state index is -0.334. The van der Waals surface area contributed by atoms with Crippen molar-refractivity contribution in [2.24, 2.45) is 0 Å². The van der Waals surface area contributed by atoms with Gasteiger partial charge in [-0.2, -0.15) is 0 Å². The molecule has 3 aromatic heterocycles. The second kappa shape index (κ2) is 10.7. The fourth-order valence-electron chi connectivity index (χ4n) is 5.76.